The zero-order valence-electron chi connectivity index (χ0n) is 11.2. The molecule has 7 heteroatoms. The lowest BCUT2D eigenvalue weighted by Crippen LogP contribution is -2.41. The van der Waals surface area contributed by atoms with Gasteiger partial charge in [-0.1, -0.05) is 0 Å². The van der Waals surface area contributed by atoms with Gasteiger partial charge >= 0.3 is 0 Å². The van der Waals surface area contributed by atoms with E-state index in [4.69, 9.17) is 10.5 Å². The van der Waals surface area contributed by atoms with Crippen LogP contribution < -0.4 is 11.1 Å². The average Bonchev–Trinajstić information content (AvgIpc) is 2.48. The van der Waals surface area contributed by atoms with Crippen molar-refractivity contribution >= 4 is 11.8 Å². The molecule has 0 aromatic carbocycles. The van der Waals surface area contributed by atoms with Gasteiger partial charge in [-0.2, -0.15) is 0 Å². The molecule has 3 N–H and O–H groups in total. The summed E-state index contributed by atoms with van der Waals surface area (Å²) in [7, 11) is 0. The summed E-state index contributed by atoms with van der Waals surface area (Å²) in [5, 5.41) is 2.78. The molecule has 1 aromatic heterocycles. The van der Waals surface area contributed by atoms with Gasteiger partial charge in [-0.3, -0.25) is 19.5 Å². The maximum Gasteiger partial charge on any atom is 0.269 e. The largest absolute Gasteiger partial charge is 0.379 e. The van der Waals surface area contributed by atoms with Gasteiger partial charge in [-0.15, -0.1) is 0 Å². The number of rotatable bonds is 5. The molecule has 1 aliphatic heterocycles. The summed E-state index contributed by atoms with van der Waals surface area (Å²) in [4.78, 5) is 29.1. The first-order valence-electron chi connectivity index (χ1n) is 6.51. The molecule has 0 atom stereocenters. The van der Waals surface area contributed by atoms with E-state index in [1.54, 1.807) is 0 Å². The Morgan fingerprint density at radius 3 is 2.85 bits per heavy atom. The number of primary amides is 1. The molecular formula is C13H18N4O3. The van der Waals surface area contributed by atoms with E-state index in [0.29, 0.717) is 6.54 Å². The molecule has 0 unspecified atom stereocenters. The number of morpholine rings is 1. The highest BCUT2D eigenvalue weighted by Crippen LogP contribution is 2.01. The van der Waals surface area contributed by atoms with Crippen molar-refractivity contribution in [3.63, 3.8) is 0 Å². The molecule has 1 aliphatic rings. The maximum atomic E-state index is 11.9. The Kier molecular flexibility index (Phi) is 5.03. The molecule has 0 aliphatic carbocycles. The summed E-state index contributed by atoms with van der Waals surface area (Å²) in [5.41, 5.74) is 5.64. The zero-order chi connectivity index (χ0) is 14.4. The smallest absolute Gasteiger partial charge is 0.269 e. The second-order valence-electron chi connectivity index (χ2n) is 4.50. The van der Waals surface area contributed by atoms with Gasteiger partial charge in [0.05, 0.1) is 13.2 Å². The Balaban J connectivity index is 1.82. The van der Waals surface area contributed by atoms with Crippen molar-refractivity contribution in [2.75, 3.05) is 39.4 Å². The molecule has 7 nitrogen and oxygen atoms in total. The van der Waals surface area contributed by atoms with E-state index in [9.17, 15) is 9.59 Å². The summed E-state index contributed by atoms with van der Waals surface area (Å²) in [6.07, 6.45) is 1.40. The number of pyridine rings is 1. The van der Waals surface area contributed by atoms with Gasteiger partial charge in [0.25, 0.3) is 5.91 Å². The number of nitrogens with one attached hydrogen (secondary N) is 1. The Labute approximate surface area is 117 Å². The van der Waals surface area contributed by atoms with E-state index in [1.165, 1.54) is 18.3 Å². The summed E-state index contributed by atoms with van der Waals surface area (Å²) in [6, 6.07) is 2.87. The fourth-order valence-corrected chi connectivity index (χ4v) is 1.95. The number of nitrogens with zero attached hydrogens (tertiary/aromatic N) is 2. The lowest BCUT2D eigenvalue weighted by atomic mass is 10.2. The highest BCUT2D eigenvalue weighted by atomic mass is 16.5. The van der Waals surface area contributed by atoms with E-state index in [-0.39, 0.29) is 17.2 Å². The first-order valence-corrected chi connectivity index (χ1v) is 6.51. The number of amides is 2. The topological polar surface area (TPSA) is 97.6 Å². The Hall–Kier alpha value is -1.99. The van der Waals surface area contributed by atoms with Crippen LogP contribution in [0.2, 0.25) is 0 Å². The summed E-state index contributed by atoms with van der Waals surface area (Å²) in [6.45, 7) is 4.52. The summed E-state index contributed by atoms with van der Waals surface area (Å²) in [5.74, 6) is -0.879. The lowest BCUT2D eigenvalue weighted by Gasteiger charge is -2.26. The van der Waals surface area contributed by atoms with Crippen LogP contribution in [0, 0.1) is 0 Å². The van der Waals surface area contributed by atoms with Gasteiger partial charge in [0.1, 0.15) is 5.69 Å². The number of aromatic nitrogens is 1. The van der Waals surface area contributed by atoms with E-state index in [1.807, 2.05) is 0 Å². The molecule has 0 radical (unpaired) electrons. The fourth-order valence-electron chi connectivity index (χ4n) is 1.95. The number of ether oxygens (including phenoxy) is 1. The van der Waals surface area contributed by atoms with Gasteiger partial charge < -0.3 is 15.8 Å². The molecule has 20 heavy (non-hydrogen) atoms. The number of nitrogens with two attached hydrogens (primary N) is 1. The van der Waals surface area contributed by atoms with E-state index in [2.05, 4.69) is 15.2 Å². The van der Waals surface area contributed by atoms with Crippen molar-refractivity contribution in [2.24, 2.45) is 5.73 Å². The van der Waals surface area contributed by atoms with Crippen LogP contribution >= 0.6 is 0 Å². The van der Waals surface area contributed by atoms with Gasteiger partial charge in [0.2, 0.25) is 5.91 Å². The minimum Gasteiger partial charge on any atom is -0.379 e. The third-order valence-corrected chi connectivity index (χ3v) is 3.09. The lowest BCUT2D eigenvalue weighted by molar-refractivity contribution is 0.0383. The van der Waals surface area contributed by atoms with E-state index in [0.717, 1.165) is 32.8 Å². The van der Waals surface area contributed by atoms with Crippen molar-refractivity contribution < 1.29 is 14.3 Å². The van der Waals surface area contributed by atoms with Crippen LogP contribution in [0.5, 0.6) is 0 Å². The monoisotopic (exact) mass is 278 g/mol. The quantitative estimate of drug-likeness (QED) is 0.738. The second-order valence-corrected chi connectivity index (χ2v) is 4.50. The average molecular weight is 278 g/mol. The highest BCUT2D eigenvalue weighted by molar-refractivity contribution is 5.97. The zero-order valence-corrected chi connectivity index (χ0v) is 11.2. The van der Waals surface area contributed by atoms with Crippen LogP contribution in [-0.4, -0.2) is 61.1 Å². The van der Waals surface area contributed by atoms with Crippen LogP contribution in [0.1, 0.15) is 20.8 Å². The van der Waals surface area contributed by atoms with Gasteiger partial charge in [0.15, 0.2) is 0 Å². The van der Waals surface area contributed by atoms with Crippen molar-refractivity contribution in [1.29, 1.82) is 0 Å². The van der Waals surface area contributed by atoms with Crippen LogP contribution in [0.25, 0.3) is 0 Å². The highest BCUT2D eigenvalue weighted by Gasteiger charge is 2.12. The third kappa shape index (κ3) is 4.01. The SMILES string of the molecule is NC(=O)c1ccnc(C(=O)NCCN2CCOCC2)c1. The molecule has 2 heterocycles. The van der Waals surface area contributed by atoms with Gasteiger partial charge in [0, 0.05) is 37.9 Å². The predicted octanol–water partition coefficient (Wildman–Crippen LogP) is -0.757. The number of hydrogen-bond donors (Lipinski definition) is 2. The van der Waals surface area contributed by atoms with Crippen LogP contribution in [0.4, 0.5) is 0 Å². The molecule has 0 saturated carbocycles. The molecule has 108 valence electrons. The normalized spacial score (nSPS) is 15.8. The second kappa shape index (κ2) is 6.97. The maximum absolute atomic E-state index is 11.9. The van der Waals surface area contributed by atoms with Crippen LogP contribution in [-0.2, 0) is 4.74 Å². The minimum absolute atomic E-state index is 0.197. The fraction of sp³-hybridized carbons (Fsp3) is 0.462. The predicted molar refractivity (Wildman–Crippen MR) is 72.3 cm³/mol. The molecule has 0 bridgehead atoms. The van der Waals surface area contributed by atoms with Crippen molar-refractivity contribution in [3.8, 4) is 0 Å². The summed E-state index contributed by atoms with van der Waals surface area (Å²) < 4.78 is 5.25. The standard InChI is InChI=1S/C13H18N4O3/c14-12(18)10-1-2-15-11(9-10)13(19)16-3-4-17-5-7-20-8-6-17/h1-2,9H,3-8H2,(H2,14,18)(H,16,19). The van der Waals surface area contributed by atoms with Crippen LogP contribution in [0.15, 0.2) is 18.3 Å². The van der Waals surface area contributed by atoms with Crippen molar-refractivity contribution in [1.82, 2.24) is 15.2 Å². The summed E-state index contributed by atoms with van der Waals surface area (Å²) >= 11 is 0. The Morgan fingerprint density at radius 2 is 2.15 bits per heavy atom. The molecular weight excluding hydrogens is 260 g/mol. The number of carbonyl (C=O) groups excluding carboxylic acids is 2. The van der Waals surface area contributed by atoms with Gasteiger partial charge in [-0.25, -0.2) is 0 Å². The van der Waals surface area contributed by atoms with E-state index < -0.39 is 5.91 Å². The van der Waals surface area contributed by atoms with Gasteiger partial charge in [-0.05, 0) is 12.1 Å². The molecule has 1 fully saturated rings. The molecule has 2 amide bonds. The van der Waals surface area contributed by atoms with Crippen molar-refractivity contribution in [2.45, 2.75) is 0 Å². The molecule has 2 rings (SSSR count). The molecule has 0 spiro atoms. The minimum atomic E-state index is -0.574. The van der Waals surface area contributed by atoms with Crippen LogP contribution in [0.3, 0.4) is 0 Å². The Bertz CT molecular complexity index is 486. The molecule has 1 aromatic rings. The third-order valence-electron chi connectivity index (χ3n) is 3.09. The number of hydrogen-bond acceptors (Lipinski definition) is 5. The Morgan fingerprint density at radius 1 is 1.40 bits per heavy atom. The number of carbonyl (C=O) groups is 2. The first kappa shape index (κ1) is 14.4. The van der Waals surface area contributed by atoms with Crippen molar-refractivity contribution in [3.05, 3.63) is 29.6 Å². The van der Waals surface area contributed by atoms with E-state index >= 15 is 0 Å². The first-order chi connectivity index (χ1) is 9.66. The molecule has 1 saturated heterocycles.